The van der Waals surface area contributed by atoms with Crippen molar-refractivity contribution in [2.45, 2.75) is 26.7 Å². The summed E-state index contributed by atoms with van der Waals surface area (Å²) in [5, 5.41) is 24.1. The van der Waals surface area contributed by atoms with E-state index in [-0.39, 0.29) is 29.9 Å². The molecule has 0 saturated carbocycles. The van der Waals surface area contributed by atoms with E-state index in [1.54, 1.807) is 13.0 Å². The van der Waals surface area contributed by atoms with Crippen molar-refractivity contribution in [3.63, 3.8) is 0 Å². The molecule has 1 aromatic rings. The number of unbranched alkanes of at least 4 members (excludes halogenated alkanes) is 1. The Balaban J connectivity index is 2.18. The zero-order chi connectivity index (χ0) is 20.9. The SMILES string of the molecule is CC(=O)OC/C=C(\C)C(=O)NCCCCNC(=O)/C=C/c1ccc(O)c(O)c1. The van der Waals surface area contributed by atoms with E-state index in [0.29, 0.717) is 37.1 Å². The number of amides is 2. The fourth-order valence-corrected chi connectivity index (χ4v) is 2.05. The highest BCUT2D eigenvalue weighted by Gasteiger charge is 2.03. The molecule has 152 valence electrons. The second-order valence-corrected chi connectivity index (χ2v) is 6.03. The third-order valence-corrected chi connectivity index (χ3v) is 3.65. The van der Waals surface area contributed by atoms with Crippen molar-refractivity contribution in [1.29, 1.82) is 0 Å². The third kappa shape index (κ3) is 9.42. The third-order valence-electron chi connectivity index (χ3n) is 3.65. The first-order valence-corrected chi connectivity index (χ1v) is 8.86. The molecule has 4 N–H and O–H groups in total. The van der Waals surface area contributed by atoms with Gasteiger partial charge in [-0.2, -0.15) is 0 Å². The molecule has 0 atom stereocenters. The molecular weight excluding hydrogens is 364 g/mol. The maximum Gasteiger partial charge on any atom is 0.302 e. The lowest BCUT2D eigenvalue weighted by Crippen LogP contribution is -2.27. The van der Waals surface area contributed by atoms with Gasteiger partial charge < -0.3 is 25.6 Å². The number of carbonyl (C=O) groups is 3. The van der Waals surface area contributed by atoms with Gasteiger partial charge in [0, 0.05) is 31.7 Å². The Hall–Kier alpha value is -3.29. The van der Waals surface area contributed by atoms with Crippen molar-refractivity contribution in [2.24, 2.45) is 0 Å². The van der Waals surface area contributed by atoms with E-state index < -0.39 is 5.97 Å². The molecule has 0 saturated heterocycles. The molecule has 1 rings (SSSR count). The van der Waals surface area contributed by atoms with Crippen LogP contribution in [0, 0.1) is 0 Å². The average molecular weight is 390 g/mol. The van der Waals surface area contributed by atoms with Crippen molar-refractivity contribution in [1.82, 2.24) is 10.6 Å². The number of nitrogens with one attached hydrogen (secondary N) is 2. The molecule has 0 aromatic heterocycles. The van der Waals surface area contributed by atoms with Gasteiger partial charge in [-0.3, -0.25) is 14.4 Å². The van der Waals surface area contributed by atoms with E-state index in [1.807, 2.05) is 0 Å². The molecule has 2 amide bonds. The summed E-state index contributed by atoms with van der Waals surface area (Å²) < 4.78 is 4.74. The zero-order valence-electron chi connectivity index (χ0n) is 16.0. The van der Waals surface area contributed by atoms with E-state index in [1.165, 1.54) is 37.3 Å². The maximum absolute atomic E-state index is 11.8. The Labute approximate surface area is 163 Å². The summed E-state index contributed by atoms with van der Waals surface area (Å²) in [6, 6.07) is 4.27. The predicted octanol–water partition coefficient (Wildman–Crippen LogP) is 1.63. The summed E-state index contributed by atoms with van der Waals surface area (Å²) >= 11 is 0. The first kappa shape index (κ1) is 22.8. The van der Waals surface area contributed by atoms with Crippen LogP contribution in [0.3, 0.4) is 0 Å². The molecule has 28 heavy (non-hydrogen) atoms. The standard InChI is InChI=1S/C20H26N2O6/c1-14(9-12-28-15(2)23)20(27)22-11-4-3-10-21-19(26)8-6-16-5-7-17(24)18(25)13-16/h5-9,13,24-25H,3-4,10-12H2,1-2H3,(H,21,26)(H,22,27)/b8-6+,14-9+. The lowest BCUT2D eigenvalue weighted by atomic mass is 10.2. The average Bonchev–Trinajstić information content (AvgIpc) is 2.64. The minimum Gasteiger partial charge on any atom is -0.504 e. The van der Waals surface area contributed by atoms with E-state index >= 15 is 0 Å². The molecule has 0 aliphatic carbocycles. The number of phenolic OH excluding ortho intramolecular Hbond substituents is 2. The Morgan fingerprint density at radius 3 is 2.36 bits per heavy atom. The van der Waals surface area contributed by atoms with E-state index in [0.717, 1.165) is 0 Å². The van der Waals surface area contributed by atoms with Gasteiger partial charge in [0.1, 0.15) is 6.61 Å². The van der Waals surface area contributed by atoms with Crippen molar-refractivity contribution in [3.8, 4) is 11.5 Å². The van der Waals surface area contributed by atoms with Crippen LogP contribution in [0.1, 0.15) is 32.3 Å². The van der Waals surface area contributed by atoms with Crippen LogP contribution >= 0.6 is 0 Å². The fourth-order valence-electron chi connectivity index (χ4n) is 2.05. The van der Waals surface area contributed by atoms with Gasteiger partial charge >= 0.3 is 5.97 Å². The lowest BCUT2D eigenvalue weighted by Gasteiger charge is -2.06. The van der Waals surface area contributed by atoms with Crippen LogP contribution in [-0.2, 0) is 19.1 Å². The molecule has 8 nitrogen and oxygen atoms in total. The second-order valence-electron chi connectivity index (χ2n) is 6.03. The molecule has 0 heterocycles. The van der Waals surface area contributed by atoms with Crippen LogP contribution in [0.25, 0.3) is 6.08 Å². The minimum absolute atomic E-state index is 0.0674. The molecule has 1 aromatic carbocycles. The smallest absolute Gasteiger partial charge is 0.302 e. The van der Waals surface area contributed by atoms with Gasteiger partial charge in [0.15, 0.2) is 11.5 Å². The van der Waals surface area contributed by atoms with Crippen LogP contribution in [0.4, 0.5) is 0 Å². The minimum atomic E-state index is -0.400. The lowest BCUT2D eigenvalue weighted by molar-refractivity contribution is -0.139. The zero-order valence-corrected chi connectivity index (χ0v) is 16.0. The van der Waals surface area contributed by atoms with Crippen molar-refractivity contribution in [3.05, 3.63) is 41.5 Å². The number of aromatic hydroxyl groups is 2. The summed E-state index contributed by atoms with van der Waals surface area (Å²) in [5.74, 6) is -1.37. The second kappa shape index (κ2) is 12.2. The van der Waals surface area contributed by atoms with Crippen molar-refractivity contribution in [2.75, 3.05) is 19.7 Å². The fraction of sp³-hybridized carbons (Fsp3) is 0.350. The molecular formula is C20H26N2O6. The number of carbonyl (C=O) groups excluding carboxylic acids is 3. The molecule has 0 aliphatic heterocycles. The molecule has 0 aliphatic rings. The largest absolute Gasteiger partial charge is 0.504 e. The Morgan fingerprint density at radius 1 is 1.04 bits per heavy atom. The summed E-state index contributed by atoms with van der Waals surface area (Å²) in [6.07, 6.45) is 5.79. The van der Waals surface area contributed by atoms with Gasteiger partial charge in [-0.05, 0) is 49.6 Å². The molecule has 0 bridgehead atoms. The summed E-state index contributed by atoms with van der Waals surface area (Å²) in [5.41, 5.74) is 1.06. The highest BCUT2D eigenvalue weighted by Crippen LogP contribution is 2.25. The molecule has 0 radical (unpaired) electrons. The van der Waals surface area contributed by atoms with Crippen molar-refractivity contribution >= 4 is 23.9 Å². The van der Waals surface area contributed by atoms with Gasteiger partial charge in [0.05, 0.1) is 0 Å². The van der Waals surface area contributed by atoms with Crippen LogP contribution < -0.4 is 10.6 Å². The van der Waals surface area contributed by atoms with E-state index in [9.17, 15) is 24.6 Å². The normalized spacial score (nSPS) is 11.3. The van der Waals surface area contributed by atoms with Gasteiger partial charge in [-0.15, -0.1) is 0 Å². The number of esters is 1. The van der Waals surface area contributed by atoms with E-state index in [2.05, 4.69) is 10.6 Å². The summed E-state index contributed by atoms with van der Waals surface area (Å²) in [7, 11) is 0. The van der Waals surface area contributed by atoms with Gasteiger partial charge in [-0.25, -0.2) is 0 Å². The van der Waals surface area contributed by atoms with Gasteiger partial charge in [-0.1, -0.05) is 6.07 Å². The number of rotatable bonds is 10. The highest BCUT2D eigenvalue weighted by atomic mass is 16.5. The Kier molecular flexibility index (Phi) is 9.88. The van der Waals surface area contributed by atoms with E-state index in [4.69, 9.17) is 4.74 Å². The predicted molar refractivity (Wildman–Crippen MR) is 104 cm³/mol. The molecule has 8 heteroatoms. The summed E-state index contributed by atoms with van der Waals surface area (Å²) in [6.45, 7) is 3.93. The van der Waals surface area contributed by atoms with Crippen molar-refractivity contribution < 1.29 is 29.3 Å². The topological polar surface area (TPSA) is 125 Å². The quantitative estimate of drug-likeness (QED) is 0.208. The Morgan fingerprint density at radius 2 is 1.71 bits per heavy atom. The maximum atomic E-state index is 11.8. The van der Waals surface area contributed by atoms with Crippen LogP contribution in [0.2, 0.25) is 0 Å². The first-order chi connectivity index (χ1) is 13.3. The number of benzene rings is 1. The number of hydrogen-bond donors (Lipinski definition) is 4. The molecule has 0 unspecified atom stereocenters. The first-order valence-electron chi connectivity index (χ1n) is 8.86. The van der Waals surface area contributed by atoms with Crippen LogP contribution in [-0.4, -0.2) is 47.7 Å². The number of hydrogen-bond acceptors (Lipinski definition) is 6. The van der Waals surface area contributed by atoms with Crippen LogP contribution in [0.15, 0.2) is 35.9 Å². The van der Waals surface area contributed by atoms with Gasteiger partial charge in [0.2, 0.25) is 11.8 Å². The molecule has 0 fully saturated rings. The summed E-state index contributed by atoms with van der Waals surface area (Å²) in [4.78, 5) is 34.2. The number of phenols is 2. The Bertz CT molecular complexity index is 755. The highest BCUT2D eigenvalue weighted by molar-refractivity contribution is 5.93. The van der Waals surface area contributed by atoms with Gasteiger partial charge in [0.25, 0.3) is 0 Å². The molecule has 0 spiro atoms. The number of ether oxygens (including phenoxy) is 1. The monoisotopic (exact) mass is 390 g/mol. The van der Waals surface area contributed by atoms with Crippen LogP contribution in [0.5, 0.6) is 11.5 Å².